The molecule has 4 nitrogen and oxygen atoms in total. The first kappa shape index (κ1) is 8.77. The molecule has 0 aliphatic rings. The smallest absolute Gasteiger partial charge is 0.252 e. The minimum atomic E-state index is -0.121. The summed E-state index contributed by atoms with van der Waals surface area (Å²) in [4.78, 5) is 17.3. The van der Waals surface area contributed by atoms with E-state index in [9.17, 15) is 4.79 Å². The van der Waals surface area contributed by atoms with Crippen molar-refractivity contribution in [2.75, 3.05) is 11.9 Å². The Hall–Kier alpha value is -1.32. The fourth-order valence-electron chi connectivity index (χ4n) is 0.844. The first-order valence-electron chi connectivity index (χ1n) is 4.12. The van der Waals surface area contributed by atoms with Gasteiger partial charge in [0.2, 0.25) is 5.95 Å². The number of aromatic amines is 1. The molecule has 0 saturated heterocycles. The van der Waals surface area contributed by atoms with Gasteiger partial charge in [0.05, 0.1) is 0 Å². The minimum Gasteiger partial charge on any atom is -0.356 e. The van der Waals surface area contributed by atoms with Crippen molar-refractivity contribution in [1.29, 1.82) is 0 Å². The molecule has 0 unspecified atom stereocenters. The highest BCUT2D eigenvalue weighted by Gasteiger charge is 1.91. The molecule has 0 aromatic carbocycles. The Kier molecular flexibility index (Phi) is 3.32. The molecule has 4 heteroatoms. The van der Waals surface area contributed by atoms with Crippen molar-refractivity contribution >= 4 is 5.95 Å². The van der Waals surface area contributed by atoms with E-state index < -0.39 is 0 Å². The maximum absolute atomic E-state index is 10.8. The van der Waals surface area contributed by atoms with Gasteiger partial charge in [-0.25, -0.2) is 4.98 Å². The number of nitrogens with one attached hydrogen (secondary N) is 2. The SMILES string of the molecule is CCCCNc1nccc(=O)[nH]1. The average molecular weight is 167 g/mol. The van der Waals surface area contributed by atoms with E-state index in [-0.39, 0.29) is 5.56 Å². The molecule has 1 aromatic rings. The van der Waals surface area contributed by atoms with Crippen LogP contribution in [0.25, 0.3) is 0 Å². The Labute approximate surface area is 71.0 Å². The summed E-state index contributed by atoms with van der Waals surface area (Å²) in [5.74, 6) is 0.552. The van der Waals surface area contributed by atoms with E-state index in [0.717, 1.165) is 19.4 Å². The largest absolute Gasteiger partial charge is 0.356 e. The molecule has 0 bridgehead atoms. The summed E-state index contributed by atoms with van der Waals surface area (Å²) in [6.45, 7) is 2.96. The van der Waals surface area contributed by atoms with Crippen LogP contribution < -0.4 is 10.9 Å². The number of rotatable bonds is 4. The fourth-order valence-corrected chi connectivity index (χ4v) is 0.844. The monoisotopic (exact) mass is 167 g/mol. The van der Waals surface area contributed by atoms with Gasteiger partial charge in [0.1, 0.15) is 0 Å². The summed E-state index contributed by atoms with van der Waals surface area (Å²) in [6, 6.07) is 1.39. The second-order valence-corrected chi connectivity index (χ2v) is 2.56. The molecule has 1 rings (SSSR count). The zero-order valence-corrected chi connectivity index (χ0v) is 7.13. The van der Waals surface area contributed by atoms with Crippen molar-refractivity contribution in [2.24, 2.45) is 0 Å². The van der Waals surface area contributed by atoms with Crippen LogP contribution in [0.2, 0.25) is 0 Å². The molecule has 0 aliphatic carbocycles. The first-order valence-corrected chi connectivity index (χ1v) is 4.12. The van der Waals surface area contributed by atoms with Gasteiger partial charge in [0.15, 0.2) is 0 Å². The maximum Gasteiger partial charge on any atom is 0.252 e. The average Bonchev–Trinajstić information content (AvgIpc) is 2.05. The quantitative estimate of drug-likeness (QED) is 0.657. The lowest BCUT2D eigenvalue weighted by Gasteiger charge is -2.01. The number of H-pyrrole nitrogens is 1. The summed E-state index contributed by atoms with van der Waals surface area (Å²) in [5, 5.41) is 3.02. The second kappa shape index (κ2) is 4.54. The summed E-state index contributed by atoms with van der Waals surface area (Å²) in [5.41, 5.74) is -0.121. The Morgan fingerprint density at radius 2 is 2.50 bits per heavy atom. The highest BCUT2D eigenvalue weighted by atomic mass is 16.1. The first-order chi connectivity index (χ1) is 5.83. The second-order valence-electron chi connectivity index (χ2n) is 2.56. The lowest BCUT2D eigenvalue weighted by molar-refractivity contribution is 0.825. The number of aromatic nitrogens is 2. The Bertz CT molecular complexity index is 282. The van der Waals surface area contributed by atoms with Crippen LogP contribution in [-0.2, 0) is 0 Å². The molecular weight excluding hydrogens is 154 g/mol. The number of nitrogens with zero attached hydrogens (tertiary/aromatic N) is 1. The summed E-state index contributed by atoms with van der Waals surface area (Å²) in [6.07, 6.45) is 3.70. The molecule has 0 fully saturated rings. The molecule has 66 valence electrons. The van der Waals surface area contributed by atoms with Crippen molar-refractivity contribution in [3.05, 3.63) is 22.6 Å². The normalized spacial score (nSPS) is 9.75. The standard InChI is InChI=1S/C8H13N3O/c1-2-3-5-9-8-10-6-4-7(12)11-8/h4,6H,2-3,5H2,1H3,(H2,9,10,11,12). The van der Waals surface area contributed by atoms with E-state index in [4.69, 9.17) is 0 Å². The van der Waals surface area contributed by atoms with E-state index in [1.807, 2.05) is 0 Å². The molecule has 1 heterocycles. The molecule has 0 atom stereocenters. The zero-order valence-electron chi connectivity index (χ0n) is 7.13. The van der Waals surface area contributed by atoms with E-state index >= 15 is 0 Å². The van der Waals surface area contributed by atoms with Gasteiger partial charge >= 0.3 is 0 Å². The minimum absolute atomic E-state index is 0.121. The van der Waals surface area contributed by atoms with Crippen LogP contribution in [0.4, 0.5) is 5.95 Å². The third-order valence-corrected chi connectivity index (χ3v) is 1.49. The topological polar surface area (TPSA) is 57.8 Å². The molecule has 2 N–H and O–H groups in total. The molecule has 0 spiro atoms. The molecular formula is C8H13N3O. The van der Waals surface area contributed by atoms with Gasteiger partial charge < -0.3 is 5.32 Å². The number of anilines is 1. The number of hydrogen-bond donors (Lipinski definition) is 2. The van der Waals surface area contributed by atoms with Crippen molar-refractivity contribution in [3.8, 4) is 0 Å². The third-order valence-electron chi connectivity index (χ3n) is 1.49. The van der Waals surface area contributed by atoms with Crippen LogP contribution in [0.1, 0.15) is 19.8 Å². The third kappa shape index (κ3) is 2.74. The Morgan fingerprint density at radius 1 is 1.67 bits per heavy atom. The van der Waals surface area contributed by atoms with Gasteiger partial charge in [-0.05, 0) is 6.42 Å². The fraction of sp³-hybridized carbons (Fsp3) is 0.500. The number of hydrogen-bond acceptors (Lipinski definition) is 3. The van der Waals surface area contributed by atoms with Gasteiger partial charge in [0, 0.05) is 18.8 Å². The molecule has 0 amide bonds. The van der Waals surface area contributed by atoms with E-state index in [1.54, 1.807) is 0 Å². The highest BCUT2D eigenvalue weighted by molar-refractivity contribution is 5.21. The zero-order chi connectivity index (χ0) is 8.81. The van der Waals surface area contributed by atoms with Crippen molar-refractivity contribution in [3.63, 3.8) is 0 Å². The van der Waals surface area contributed by atoms with E-state index in [2.05, 4.69) is 22.2 Å². The lowest BCUT2D eigenvalue weighted by atomic mass is 10.3. The van der Waals surface area contributed by atoms with Crippen LogP contribution >= 0.6 is 0 Å². The van der Waals surface area contributed by atoms with Gasteiger partial charge in [-0.1, -0.05) is 13.3 Å². The van der Waals surface area contributed by atoms with Gasteiger partial charge in [-0.15, -0.1) is 0 Å². The predicted octanol–water partition coefficient (Wildman–Crippen LogP) is 0.982. The van der Waals surface area contributed by atoms with E-state index in [0.29, 0.717) is 5.95 Å². The van der Waals surface area contributed by atoms with Crippen LogP contribution in [0.5, 0.6) is 0 Å². The van der Waals surface area contributed by atoms with E-state index in [1.165, 1.54) is 12.3 Å². The summed E-state index contributed by atoms with van der Waals surface area (Å²) >= 11 is 0. The molecule has 1 aromatic heterocycles. The molecule has 0 saturated carbocycles. The molecule has 0 radical (unpaired) electrons. The van der Waals surface area contributed by atoms with Crippen LogP contribution in [0.3, 0.4) is 0 Å². The lowest BCUT2D eigenvalue weighted by Crippen LogP contribution is -2.11. The summed E-state index contributed by atoms with van der Waals surface area (Å²) in [7, 11) is 0. The summed E-state index contributed by atoms with van der Waals surface area (Å²) < 4.78 is 0. The van der Waals surface area contributed by atoms with Gasteiger partial charge in [0.25, 0.3) is 5.56 Å². The molecule has 12 heavy (non-hydrogen) atoms. The van der Waals surface area contributed by atoms with Crippen molar-refractivity contribution in [2.45, 2.75) is 19.8 Å². The van der Waals surface area contributed by atoms with Gasteiger partial charge in [-0.3, -0.25) is 9.78 Å². The van der Waals surface area contributed by atoms with Crippen LogP contribution in [-0.4, -0.2) is 16.5 Å². The van der Waals surface area contributed by atoms with Crippen molar-refractivity contribution in [1.82, 2.24) is 9.97 Å². The van der Waals surface area contributed by atoms with Crippen LogP contribution in [0.15, 0.2) is 17.1 Å². The van der Waals surface area contributed by atoms with Gasteiger partial charge in [-0.2, -0.15) is 0 Å². The maximum atomic E-state index is 10.8. The Morgan fingerprint density at radius 3 is 3.17 bits per heavy atom. The van der Waals surface area contributed by atoms with Crippen LogP contribution in [0, 0.1) is 0 Å². The highest BCUT2D eigenvalue weighted by Crippen LogP contribution is 1.92. The predicted molar refractivity (Wildman–Crippen MR) is 48.3 cm³/mol. The Balaban J connectivity index is 2.47. The number of unbranched alkanes of at least 4 members (excludes halogenated alkanes) is 1. The molecule has 0 aliphatic heterocycles. The van der Waals surface area contributed by atoms with Crippen molar-refractivity contribution < 1.29 is 0 Å².